The van der Waals surface area contributed by atoms with Gasteiger partial charge in [-0.2, -0.15) is 0 Å². The van der Waals surface area contributed by atoms with Gasteiger partial charge in [-0.1, -0.05) is 0 Å². The van der Waals surface area contributed by atoms with E-state index in [-0.39, 0.29) is 17.3 Å². The first-order valence-electron chi connectivity index (χ1n) is 6.15. The molecule has 7 nitrogen and oxygen atoms in total. The van der Waals surface area contributed by atoms with E-state index in [9.17, 15) is 18.9 Å². The van der Waals surface area contributed by atoms with Gasteiger partial charge in [0.25, 0.3) is 0 Å². The molecule has 0 bridgehead atoms. The van der Waals surface area contributed by atoms with Crippen molar-refractivity contribution in [2.24, 2.45) is 0 Å². The molecule has 0 N–H and O–H groups in total. The monoisotopic (exact) mass is 308 g/mol. The van der Waals surface area contributed by atoms with Gasteiger partial charge < -0.3 is 0 Å². The van der Waals surface area contributed by atoms with Gasteiger partial charge in [-0.3, -0.25) is 28.0 Å². The third-order valence-corrected chi connectivity index (χ3v) is 4.30. The van der Waals surface area contributed by atoms with Gasteiger partial charge in [-0.05, 0) is 41.5 Å². The summed E-state index contributed by atoms with van der Waals surface area (Å²) >= 11 is 0. The summed E-state index contributed by atoms with van der Waals surface area (Å²) in [6, 6.07) is 0. The number of carbonyl (C=O) groups excluding carboxylic acids is 3. The van der Waals surface area contributed by atoms with E-state index in [1.54, 1.807) is 0 Å². The lowest BCUT2D eigenvalue weighted by Gasteiger charge is -2.24. The smallest absolute Gasteiger partial charge is 0.297 e. The van der Waals surface area contributed by atoms with E-state index in [0.29, 0.717) is 0 Å². The van der Waals surface area contributed by atoms with E-state index in [4.69, 9.17) is 13.6 Å². The van der Waals surface area contributed by atoms with Crippen molar-refractivity contribution in [3.63, 3.8) is 0 Å². The van der Waals surface area contributed by atoms with Crippen LogP contribution < -0.4 is 0 Å². The molecule has 0 fully saturated rings. The summed E-state index contributed by atoms with van der Waals surface area (Å²) in [6.45, 7) is 7.86. The fourth-order valence-electron chi connectivity index (χ4n) is 0.878. The lowest BCUT2D eigenvalue weighted by molar-refractivity contribution is -0.128. The molecule has 8 heteroatoms. The maximum atomic E-state index is 12.4. The first-order valence-corrected chi connectivity index (χ1v) is 7.61. The van der Waals surface area contributed by atoms with Crippen LogP contribution in [0, 0.1) is 0 Å². The van der Waals surface area contributed by atoms with Gasteiger partial charge in [0.15, 0.2) is 17.3 Å². The number of ketones is 3. The largest absolute Gasteiger partial charge is 0.476 e. The summed E-state index contributed by atoms with van der Waals surface area (Å²) in [5, 5.41) is 0. The number of hydrogen-bond donors (Lipinski definition) is 0. The Kier molecular flexibility index (Phi) is 7.44. The fourth-order valence-corrected chi connectivity index (χ4v) is 2.63. The van der Waals surface area contributed by atoms with Crippen LogP contribution in [-0.2, 0) is 32.5 Å². The van der Waals surface area contributed by atoms with Gasteiger partial charge in [0, 0.05) is 0 Å². The topological polar surface area (TPSA) is 96.0 Å². The van der Waals surface area contributed by atoms with Crippen molar-refractivity contribution in [3.8, 4) is 0 Å². The number of hydrogen-bond acceptors (Lipinski definition) is 7. The molecule has 0 spiro atoms. The molecular weight excluding hydrogens is 287 g/mol. The van der Waals surface area contributed by atoms with Crippen LogP contribution in [0.1, 0.15) is 41.5 Å². The lowest BCUT2D eigenvalue weighted by Crippen LogP contribution is -2.25. The molecular formula is C12H21O7P. The van der Waals surface area contributed by atoms with Gasteiger partial charge >= 0.3 is 7.82 Å². The van der Waals surface area contributed by atoms with Crippen molar-refractivity contribution < 1.29 is 32.5 Å². The molecule has 0 aliphatic carbocycles. The van der Waals surface area contributed by atoms with E-state index < -0.39 is 26.1 Å². The van der Waals surface area contributed by atoms with Crippen molar-refractivity contribution in [2.45, 2.75) is 59.9 Å². The van der Waals surface area contributed by atoms with Gasteiger partial charge in [-0.15, -0.1) is 0 Å². The second-order valence-corrected chi connectivity index (χ2v) is 6.05. The van der Waals surface area contributed by atoms with Crippen LogP contribution in [-0.4, -0.2) is 35.7 Å². The van der Waals surface area contributed by atoms with Gasteiger partial charge in [0.2, 0.25) is 0 Å². The molecule has 3 atom stereocenters. The van der Waals surface area contributed by atoms with Crippen molar-refractivity contribution in [1.29, 1.82) is 0 Å². The van der Waals surface area contributed by atoms with E-state index in [1.165, 1.54) is 41.5 Å². The Bertz CT molecular complexity index is 370. The number of phosphoric acid groups is 1. The zero-order valence-corrected chi connectivity index (χ0v) is 13.4. The standard InChI is InChI=1S/C12H21O7P/c1-7(13)10(4)17-20(16,18-11(5)8(2)14)19-12(6)9(3)15/h10-12H,1-6H3. The minimum absolute atomic E-state index is 0.386. The third-order valence-electron chi connectivity index (χ3n) is 2.58. The fraction of sp³-hybridized carbons (Fsp3) is 0.750. The number of phosphoric ester groups is 1. The molecule has 0 radical (unpaired) electrons. The highest BCUT2D eigenvalue weighted by Gasteiger charge is 2.36. The Morgan fingerprint density at radius 2 is 0.900 bits per heavy atom. The van der Waals surface area contributed by atoms with E-state index in [1.807, 2.05) is 0 Å². The third kappa shape index (κ3) is 6.52. The summed E-state index contributed by atoms with van der Waals surface area (Å²) < 4.78 is 27.4. The highest BCUT2D eigenvalue weighted by atomic mass is 31.2. The molecule has 116 valence electrons. The highest BCUT2D eigenvalue weighted by molar-refractivity contribution is 7.48. The molecule has 0 heterocycles. The normalized spacial score (nSPS) is 18.7. The lowest BCUT2D eigenvalue weighted by atomic mass is 10.3. The molecule has 20 heavy (non-hydrogen) atoms. The van der Waals surface area contributed by atoms with Crippen LogP contribution >= 0.6 is 7.82 Å². The summed E-state index contributed by atoms with van der Waals surface area (Å²) in [5.74, 6) is -1.16. The Morgan fingerprint density at radius 1 is 0.700 bits per heavy atom. The van der Waals surface area contributed by atoms with Crippen molar-refractivity contribution in [3.05, 3.63) is 0 Å². The van der Waals surface area contributed by atoms with Gasteiger partial charge in [0.05, 0.1) is 0 Å². The Labute approximate surface area is 118 Å². The van der Waals surface area contributed by atoms with E-state index in [2.05, 4.69) is 0 Å². The average Bonchev–Trinajstić information content (AvgIpc) is 2.27. The van der Waals surface area contributed by atoms with Crippen molar-refractivity contribution in [2.75, 3.05) is 0 Å². The summed E-state index contributed by atoms with van der Waals surface area (Å²) in [5.41, 5.74) is 0. The zero-order chi connectivity index (χ0) is 16.1. The Hall–Kier alpha value is -0.880. The molecule has 0 aliphatic heterocycles. The van der Waals surface area contributed by atoms with Crippen molar-refractivity contribution in [1.82, 2.24) is 0 Å². The predicted molar refractivity (Wildman–Crippen MR) is 71.3 cm³/mol. The minimum Gasteiger partial charge on any atom is -0.297 e. The minimum atomic E-state index is -4.21. The Balaban J connectivity index is 5.11. The van der Waals surface area contributed by atoms with Crippen LogP contribution in [0.3, 0.4) is 0 Å². The zero-order valence-electron chi connectivity index (χ0n) is 12.5. The van der Waals surface area contributed by atoms with Crippen LogP contribution in [0.4, 0.5) is 0 Å². The Morgan fingerprint density at radius 3 is 1.05 bits per heavy atom. The molecule has 0 saturated heterocycles. The molecule has 0 amide bonds. The summed E-state index contributed by atoms with van der Waals surface area (Å²) in [4.78, 5) is 33.5. The molecule has 0 aliphatic rings. The molecule has 0 aromatic heterocycles. The second kappa shape index (κ2) is 7.78. The van der Waals surface area contributed by atoms with Crippen LogP contribution in [0.2, 0.25) is 0 Å². The highest BCUT2D eigenvalue weighted by Crippen LogP contribution is 2.52. The summed E-state index contributed by atoms with van der Waals surface area (Å²) in [7, 11) is -4.21. The van der Waals surface area contributed by atoms with Gasteiger partial charge in [-0.25, -0.2) is 4.57 Å². The second-order valence-electron chi connectivity index (χ2n) is 4.52. The molecule has 0 saturated carbocycles. The summed E-state index contributed by atoms with van der Waals surface area (Å²) in [6.07, 6.45) is -3.13. The first-order chi connectivity index (χ1) is 8.98. The van der Waals surface area contributed by atoms with Gasteiger partial charge in [0.1, 0.15) is 18.3 Å². The van der Waals surface area contributed by atoms with E-state index in [0.717, 1.165) is 0 Å². The molecule has 0 aromatic carbocycles. The number of Topliss-reactive ketones (excluding diaryl/α,β-unsaturated/α-hetero) is 3. The SMILES string of the molecule is CC(=O)C(C)OP(=O)(OC(C)C(C)=O)OC(C)C(C)=O. The molecule has 0 aromatic rings. The molecule has 0 rings (SSSR count). The maximum Gasteiger partial charge on any atom is 0.476 e. The molecule has 3 unspecified atom stereocenters. The van der Waals surface area contributed by atoms with E-state index >= 15 is 0 Å². The maximum absolute atomic E-state index is 12.4. The van der Waals surface area contributed by atoms with Crippen LogP contribution in [0.15, 0.2) is 0 Å². The van der Waals surface area contributed by atoms with Crippen LogP contribution in [0.5, 0.6) is 0 Å². The number of rotatable bonds is 9. The average molecular weight is 308 g/mol. The number of carbonyl (C=O) groups is 3. The predicted octanol–water partition coefficient (Wildman–Crippen LogP) is 2.08. The van der Waals surface area contributed by atoms with Crippen molar-refractivity contribution >= 4 is 25.2 Å². The quantitative estimate of drug-likeness (QED) is 0.601. The first kappa shape index (κ1) is 19.1. The van der Waals surface area contributed by atoms with Crippen LogP contribution in [0.25, 0.3) is 0 Å².